The first kappa shape index (κ1) is 15.8. The molecule has 0 aliphatic carbocycles. The Balaban J connectivity index is 1.87. The molecule has 1 saturated heterocycles. The predicted molar refractivity (Wildman–Crippen MR) is 82.1 cm³/mol. The zero-order valence-electron chi connectivity index (χ0n) is 12.8. The first-order chi connectivity index (χ1) is 10.1. The van der Waals surface area contributed by atoms with Crippen molar-refractivity contribution in [2.75, 3.05) is 13.2 Å². The van der Waals surface area contributed by atoms with Gasteiger partial charge in [-0.05, 0) is 38.8 Å². The number of nitriles is 1. The minimum absolute atomic E-state index is 0.217. The van der Waals surface area contributed by atoms with Gasteiger partial charge in [0.1, 0.15) is 24.5 Å². The van der Waals surface area contributed by atoms with E-state index < -0.39 is 6.10 Å². The number of hydrogen-bond acceptors (Lipinski definition) is 4. The molecule has 2 rings (SSSR count). The molecule has 1 aromatic rings. The van der Waals surface area contributed by atoms with Gasteiger partial charge in [0, 0.05) is 18.6 Å². The normalized spacial score (nSPS) is 24.3. The van der Waals surface area contributed by atoms with Crippen LogP contribution in [0.1, 0.15) is 38.7 Å². The molecule has 0 radical (unpaired) electrons. The fourth-order valence-corrected chi connectivity index (χ4v) is 3.00. The second kappa shape index (κ2) is 7.44. The van der Waals surface area contributed by atoms with Gasteiger partial charge in [0.15, 0.2) is 0 Å². The van der Waals surface area contributed by atoms with Gasteiger partial charge in [-0.25, -0.2) is 0 Å². The lowest BCUT2D eigenvalue weighted by molar-refractivity contribution is 0.0208. The van der Waals surface area contributed by atoms with Gasteiger partial charge in [-0.15, -0.1) is 0 Å². The standard InChI is InChI=1S/C17H24N2O2/c1-13-6-5-7-14(2)19(13)11-16(20)12-21-17-9-4-3-8-15(17)10-18/h3-4,8-9,13-14,16,20H,5-7,11-12H2,1-2H3/t13-,14+,16?. The van der Waals surface area contributed by atoms with Crippen molar-refractivity contribution in [3.8, 4) is 11.8 Å². The summed E-state index contributed by atoms with van der Waals surface area (Å²) in [6, 6.07) is 10.2. The highest BCUT2D eigenvalue weighted by atomic mass is 16.5. The maximum Gasteiger partial charge on any atom is 0.137 e. The number of aliphatic hydroxyl groups is 1. The third-order valence-electron chi connectivity index (χ3n) is 4.24. The van der Waals surface area contributed by atoms with Crippen LogP contribution in [-0.4, -0.2) is 41.3 Å². The molecular weight excluding hydrogens is 264 g/mol. The maximum absolute atomic E-state index is 10.2. The number of likely N-dealkylation sites (tertiary alicyclic amines) is 1. The fourth-order valence-electron chi connectivity index (χ4n) is 3.00. The van der Waals surface area contributed by atoms with E-state index in [9.17, 15) is 5.11 Å². The van der Waals surface area contributed by atoms with E-state index in [1.807, 2.05) is 6.07 Å². The first-order valence-electron chi connectivity index (χ1n) is 7.67. The van der Waals surface area contributed by atoms with E-state index in [-0.39, 0.29) is 6.61 Å². The van der Waals surface area contributed by atoms with Crippen molar-refractivity contribution in [3.05, 3.63) is 29.8 Å². The van der Waals surface area contributed by atoms with E-state index in [0.717, 1.165) is 0 Å². The number of para-hydroxylation sites is 1. The third kappa shape index (κ3) is 4.20. The molecule has 0 saturated carbocycles. The Bertz CT molecular complexity index is 488. The Morgan fingerprint density at radius 3 is 2.67 bits per heavy atom. The van der Waals surface area contributed by atoms with E-state index in [1.54, 1.807) is 18.2 Å². The van der Waals surface area contributed by atoms with Crippen molar-refractivity contribution in [3.63, 3.8) is 0 Å². The van der Waals surface area contributed by atoms with Crippen LogP contribution in [0.3, 0.4) is 0 Å². The number of ether oxygens (including phenoxy) is 1. The van der Waals surface area contributed by atoms with Crippen LogP contribution in [0, 0.1) is 11.3 Å². The van der Waals surface area contributed by atoms with Crippen LogP contribution < -0.4 is 4.74 Å². The average Bonchev–Trinajstić information content (AvgIpc) is 2.49. The summed E-state index contributed by atoms with van der Waals surface area (Å²) in [6.07, 6.45) is 3.10. The van der Waals surface area contributed by atoms with Crippen molar-refractivity contribution in [2.45, 2.75) is 51.3 Å². The minimum atomic E-state index is -0.542. The minimum Gasteiger partial charge on any atom is -0.489 e. The van der Waals surface area contributed by atoms with Gasteiger partial charge in [0.25, 0.3) is 0 Å². The lowest BCUT2D eigenvalue weighted by Gasteiger charge is -2.40. The number of aliphatic hydroxyl groups excluding tert-OH is 1. The Labute approximate surface area is 127 Å². The summed E-state index contributed by atoms with van der Waals surface area (Å²) in [5.41, 5.74) is 0.504. The monoisotopic (exact) mass is 288 g/mol. The number of β-amino-alcohol motifs (C(OH)–C–C–N with tert-alkyl or cyclic N) is 1. The molecule has 0 aromatic heterocycles. The molecule has 4 nitrogen and oxygen atoms in total. The molecule has 0 spiro atoms. The molecule has 114 valence electrons. The molecule has 1 heterocycles. The van der Waals surface area contributed by atoms with Crippen LogP contribution in [0.15, 0.2) is 24.3 Å². The van der Waals surface area contributed by atoms with Crippen molar-refractivity contribution >= 4 is 0 Å². The number of hydrogen-bond donors (Lipinski definition) is 1. The number of rotatable bonds is 5. The topological polar surface area (TPSA) is 56.5 Å². The first-order valence-corrected chi connectivity index (χ1v) is 7.67. The molecule has 3 atom stereocenters. The smallest absolute Gasteiger partial charge is 0.137 e. The lowest BCUT2D eigenvalue weighted by Crippen LogP contribution is -2.48. The summed E-state index contributed by atoms with van der Waals surface area (Å²) in [7, 11) is 0. The van der Waals surface area contributed by atoms with E-state index in [4.69, 9.17) is 10.00 Å². The van der Waals surface area contributed by atoms with Crippen LogP contribution in [0.25, 0.3) is 0 Å². The van der Waals surface area contributed by atoms with Gasteiger partial charge in [-0.3, -0.25) is 4.90 Å². The van der Waals surface area contributed by atoms with Crippen molar-refractivity contribution in [1.82, 2.24) is 4.90 Å². The molecule has 1 fully saturated rings. The third-order valence-corrected chi connectivity index (χ3v) is 4.24. The van der Waals surface area contributed by atoms with Crippen LogP contribution in [0.5, 0.6) is 5.75 Å². The Morgan fingerprint density at radius 2 is 2.00 bits per heavy atom. The Kier molecular flexibility index (Phi) is 5.60. The summed E-state index contributed by atoms with van der Waals surface area (Å²) in [5.74, 6) is 0.541. The molecule has 1 aliphatic heterocycles. The molecule has 4 heteroatoms. The second-order valence-corrected chi connectivity index (χ2v) is 5.90. The molecule has 21 heavy (non-hydrogen) atoms. The second-order valence-electron chi connectivity index (χ2n) is 5.90. The van der Waals surface area contributed by atoms with Gasteiger partial charge in [0.2, 0.25) is 0 Å². The zero-order valence-corrected chi connectivity index (χ0v) is 12.8. The highest BCUT2D eigenvalue weighted by molar-refractivity contribution is 5.42. The molecular formula is C17H24N2O2. The average molecular weight is 288 g/mol. The quantitative estimate of drug-likeness (QED) is 0.904. The highest BCUT2D eigenvalue weighted by Crippen LogP contribution is 2.23. The van der Waals surface area contributed by atoms with Crippen molar-refractivity contribution in [2.24, 2.45) is 0 Å². The molecule has 1 aliphatic rings. The number of nitrogens with zero attached hydrogens (tertiary/aromatic N) is 2. The van der Waals surface area contributed by atoms with Crippen LogP contribution in [-0.2, 0) is 0 Å². The zero-order chi connectivity index (χ0) is 15.2. The largest absolute Gasteiger partial charge is 0.489 e. The summed E-state index contributed by atoms with van der Waals surface area (Å²) in [4.78, 5) is 2.35. The summed E-state index contributed by atoms with van der Waals surface area (Å²) >= 11 is 0. The van der Waals surface area contributed by atoms with E-state index >= 15 is 0 Å². The highest BCUT2D eigenvalue weighted by Gasteiger charge is 2.26. The predicted octanol–water partition coefficient (Wildman–Crippen LogP) is 2.56. The van der Waals surface area contributed by atoms with E-state index in [0.29, 0.717) is 29.9 Å². The van der Waals surface area contributed by atoms with Gasteiger partial charge in [-0.1, -0.05) is 18.6 Å². The Hall–Kier alpha value is -1.57. The molecule has 0 amide bonds. The van der Waals surface area contributed by atoms with Crippen LogP contribution >= 0.6 is 0 Å². The van der Waals surface area contributed by atoms with Crippen LogP contribution in [0.4, 0.5) is 0 Å². The SMILES string of the molecule is C[C@@H]1CCC[C@H](C)N1CC(O)COc1ccccc1C#N. The van der Waals surface area contributed by atoms with E-state index in [2.05, 4.69) is 24.8 Å². The number of piperidine rings is 1. The van der Waals surface area contributed by atoms with Gasteiger partial charge >= 0.3 is 0 Å². The fraction of sp³-hybridized carbons (Fsp3) is 0.588. The maximum atomic E-state index is 10.2. The van der Waals surface area contributed by atoms with Crippen molar-refractivity contribution in [1.29, 1.82) is 5.26 Å². The van der Waals surface area contributed by atoms with Gasteiger partial charge in [0.05, 0.1) is 5.56 Å². The summed E-state index contributed by atoms with van der Waals surface area (Å²) in [5, 5.41) is 19.2. The summed E-state index contributed by atoms with van der Waals surface area (Å²) in [6.45, 7) is 5.27. The molecule has 1 unspecified atom stereocenters. The lowest BCUT2D eigenvalue weighted by atomic mass is 9.97. The molecule has 1 aromatic carbocycles. The molecule has 1 N–H and O–H groups in total. The number of benzene rings is 1. The van der Waals surface area contributed by atoms with E-state index in [1.165, 1.54) is 19.3 Å². The Morgan fingerprint density at radius 1 is 1.33 bits per heavy atom. The van der Waals surface area contributed by atoms with Crippen LogP contribution in [0.2, 0.25) is 0 Å². The van der Waals surface area contributed by atoms with Gasteiger partial charge in [-0.2, -0.15) is 5.26 Å². The summed E-state index contributed by atoms with van der Waals surface area (Å²) < 4.78 is 5.60. The molecule has 0 bridgehead atoms. The van der Waals surface area contributed by atoms with Crippen molar-refractivity contribution < 1.29 is 9.84 Å². The van der Waals surface area contributed by atoms with Gasteiger partial charge < -0.3 is 9.84 Å².